The standard InChI is InChI=1S/C18H39N3/c1-7-19-17-16(12-13-18(17,5)6)21(10-4)15-11-14-20(8-2)9-3/h16-17,19H,7-15H2,1-6H3. The zero-order valence-corrected chi connectivity index (χ0v) is 15.4. The van der Waals surface area contributed by atoms with E-state index in [1.165, 1.54) is 52.0 Å². The number of hydrogen-bond acceptors (Lipinski definition) is 3. The van der Waals surface area contributed by atoms with Crippen LogP contribution in [0.1, 0.15) is 60.8 Å². The van der Waals surface area contributed by atoms with Crippen molar-refractivity contribution < 1.29 is 0 Å². The van der Waals surface area contributed by atoms with Crippen LogP contribution in [-0.4, -0.2) is 61.2 Å². The van der Waals surface area contributed by atoms with Crippen molar-refractivity contribution in [1.29, 1.82) is 0 Å². The molecular weight excluding hydrogens is 258 g/mol. The summed E-state index contributed by atoms with van der Waals surface area (Å²) in [6, 6.07) is 1.37. The van der Waals surface area contributed by atoms with Gasteiger partial charge >= 0.3 is 0 Å². The van der Waals surface area contributed by atoms with E-state index in [0.717, 1.165) is 12.6 Å². The SMILES string of the molecule is CCNC1C(N(CC)CCCN(CC)CC)CCC1(C)C. The summed E-state index contributed by atoms with van der Waals surface area (Å²) in [6.07, 6.45) is 4.00. The molecule has 21 heavy (non-hydrogen) atoms. The zero-order valence-electron chi connectivity index (χ0n) is 15.4. The summed E-state index contributed by atoms with van der Waals surface area (Å²) < 4.78 is 0. The molecule has 3 nitrogen and oxygen atoms in total. The van der Waals surface area contributed by atoms with E-state index in [0.29, 0.717) is 11.5 Å². The fourth-order valence-electron chi connectivity index (χ4n) is 3.98. The molecule has 3 heteroatoms. The van der Waals surface area contributed by atoms with Crippen molar-refractivity contribution in [3.05, 3.63) is 0 Å². The molecule has 1 fully saturated rings. The van der Waals surface area contributed by atoms with Gasteiger partial charge in [0, 0.05) is 12.1 Å². The Bertz CT molecular complexity index is 274. The van der Waals surface area contributed by atoms with Crippen LogP contribution in [0.4, 0.5) is 0 Å². The first kappa shape index (κ1) is 18.9. The van der Waals surface area contributed by atoms with E-state index in [-0.39, 0.29) is 0 Å². The fraction of sp³-hybridized carbons (Fsp3) is 1.00. The van der Waals surface area contributed by atoms with Crippen molar-refractivity contribution in [3.8, 4) is 0 Å². The summed E-state index contributed by atoms with van der Waals surface area (Å²) in [4.78, 5) is 5.26. The molecule has 0 amide bonds. The van der Waals surface area contributed by atoms with Crippen LogP contribution in [0.2, 0.25) is 0 Å². The predicted molar refractivity (Wildman–Crippen MR) is 93.9 cm³/mol. The minimum absolute atomic E-state index is 0.437. The molecule has 1 aliphatic rings. The van der Waals surface area contributed by atoms with Crippen molar-refractivity contribution in [2.75, 3.05) is 39.3 Å². The first-order chi connectivity index (χ1) is 10.00. The summed E-state index contributed by atoms with van der Waals surface area (Å²) in [7, 11) is 0. The van der Waals surface area contributed by atoms with Crippen LogP contribution in [0.25, 0.3) is 0 Å². The Kier molecular flexibility index (Phi) is 8.22. The molecular formula is C18H39N3. The first-order valence-electron chi connectivity index (χ1n) is 9.19. The first-order valence-corrected chi connectivity index (χ1v) is 9.19. The summed E-state index contributed by atoms with van der Waals surface area (Å²) in [5.74, 6) is 0. The number of hydrogen-bond donors (Lipinski definition) is 1. The van der Waals surface area contributed by atoms with E-state index >= 15 is 0 Å². The number of nitrogens with zero attached hydrogens (tertiary/aromatic N) is 2. The van der Waals surface area contributed by atoms with E-state index in [4.69, 9.17) is 0 Å². The Morgan fingerprint density at radius 3 is 2.19 bits per heavy atom. The molecule has 0 saturated heterocycles. The maximum Gasteiger partial charge on any atom is 0.0274 e. The van der Waals surface area contributed by atoms with Crippen LogP contribution in [0.3, 0.4) is 0 Å². The van der Waals surface area contributed by atoms with Crippen LogP contribution in [0, 0.1) is 5.41 Å². The highest BCUT2D eigenvalue weighted by molar-refractivity contribution is 5.00. The predicted octanol–water partition coefficient (Wildman–Crippen LogP) is 3.21. The van der Waals surface area contributed by atoms with Crippen molar-refractivity contribution in [1.82, 2.24) is 15.1 Å². The van der Waals surface area contributed by atoms with Gasteiger partial charge in [-0.1, -0.05) is 41.5 Å². The average molecular weight is 298 g/mol. The highest BCUT2D eigenvalue weighted by Crippen LogP contribution is 2.39. The molecule has 2 atom stereocenters. The second-order valence-corrected chi connectivity index (χ2v) is 7.14. The molecule has 0 radical (unpaired) electrons. The van der Waals surface area contributed by atoms with Gasteiger partial charge in [0.25, 0.3) is 0 Å². The molecule has 0 bridgehead atoms. The lowest BCUT2D eigenvalue weighted by Gasteiger charge is -2.37. The van der Waals surface area contributed by atoms with Gasteiger partial charge in [-0.15, -0.1) is 0 Å². The Balaban J connectivity index is 2.54. The van der Waals surface area contributed by atoms with Gasteiger partial charge in [0.15, 0.2) is 0 Å². The molecule has 126 valence electrons. The summed E-state index contributed by atoms with van der Waals surface area (Å²) in [6.45, 7) is 21.1. The molecule has 0 aromatic rings. The number of rotatable bonds is 10. The van der Waals surface area contributed by atoms with E-state index in [2.05, 4.69) is 56.7 Å². The minimum atomic E-state index is 0.437. The summed E-state index contributed by atoms with van der Waals surface area (Å²) >= 11 is 0. The lowest BCUT2D eigenvalue weighted by molar-refractivity contribution is 0.143. The Labute approximate surface area is 133 Å². The Hall–Kier alpha value is -0.120. The van der Waals surface area contributed by atoms with Crippen LogP contribution >= 0.6 is 0 Å². The lowest BCUT2D eigenvalue weighted by atomic mass is 9.86. The molecule has 1 N–H and O–H groups in total. The Morgan fingerprint density at radius 2 is 1.67 bits per heavy atom. The zero-order chi connectivity index (χ0) is 15.9. The molecule has 0 aromatic carbocycles. The van der Waals surface area contributed by atoms with E-state index in [1.54, 1.807) is 0 Å². The molecule has 0 aromatic heterocycles. The second kappa shape index (κ2) is 9.12. The fourth-order valence-corrected chi connectivity index (χ4v) is 3.98. The molecule has 1 saturated carbocycles. The normalized spacial score (nSPS) is 25.1. The third-order valence-electron chi connectivity index (χ3n) is 5.42. The Morgan fingerprint density at radius 1 is 1.00 bits per heavy atom. The third-order valence-corrected chi connectivity index (χ3v) is 5.42. The van der Waals surface area contributed by atoms with Gasteiger partial charge in [-0.05, 0) is 63.9 Å². The second-order valence-electron chi connectivity index (χ2n) is 7.14. The molecule has 2 unspecified atom stereocenters. The van der Waals surface area contributed by atoms with Crippen molar-refractivity contribution in [2.24, 2.45) is 5.41 Å². The molecule has 0 heterocycles. The van der Waals surface area contributed by atoms with E-state index in [9.17, 15) is 0 Å². The van der Waals surface area contributed by atoms with Gasteiger partial charge in [-0.2, -0.15) is 0 Å². The van der Waals surface area contributed by atoms with Crippen LogP contribution in [0.5, 0.6) is 0 Å². The largest absolute Gasteiger partial charge is 0.312 e. The van der Waals surface area contributed by atoms with Gasteiger partial charge < -0.3 is 10.2 Å². The maximum absolute atomic E-state index is 3.77. The topological polar surface area (TPSA) is 18.5 Å². The van der Waals surface area contributed by atoms with Crippen LogP contribution in [0.15, 0.2) is 0 Å². The summed E-state index contributed by atoms with van der Waals surface area (Å²) in [5.41, 5.74) is 0.437. The lowest BCUT2D eigenvalue weighted by Crippen LogP contribution is -2.52. The third kappa shape index (κ3) is 5.22. The molecule has 0 spiro atoms. The molecule has 1 aliphatic carbocycles. The number of nitrogens with one attached hydrogen (secondary N) is 1. The molecule has 1 rings (SSSR count). The summed E-state index contributed by atoms with van der Waals surface area (Å²) in [5, 5.41) is 3.77. The van der Waals surface area contributed by atoms with Gasteiger partial charge in [-0.25, -0.2) is 0 Å². The monoisotopic (exact) mass is 297 g/mol. The quantitative estimate of drug-likeness (QED) is 0.668. The van der Waals surface area contributed by atoms with Gasteiger partial charge in [0.1, 0.15) is 0 Å². The van der Waals surface area contributed by atoms with E-state index in [1.807, 2.05) is 0 Å². The van der Waals surface area contributed by atoms with Crippen molar-refractivity contribution in [2.45, 2.75) is 72.9 Å². The van der Waals surface area contributed by atoms with Crippen molar-refractivity contribution in [3.63, 3.8) is 0 Å². The maximum atomic E-state index is 3.77. The van der Waals surface area contributed by atoms with E-state index < -0.39 is 0 Å². The average Bonchev–Trinajstić information content (AvgIpc) is 2.76. The highest BCUT2D eigenvalue weighted by atomic mass is 15.2. The van der Waals surface area contributed by atoms with Gasteiger partial charge in [0.05, 0.1) is 0 Å². The van der Waals surface area contributed by atoms with Crippen molar-refractivity contribution >= 4 is 0 Å². The highest BCUT2D eigenvalue weighted by Gasteiger charge is 2.43. The molecule has 0 aliphatic heterocycles. The number of likely N-dealkylation sites (N-methyl/N-ethyl adjacent to an activating group) is 2. The van der Waals surface area contributed by atoms with Gasteiger partial charge in [0.2, 0.25) is 0 Å². The van der Waals surface area contributed by atoms with Gasteiger partial charge in [-0.3, -0.25) is 4.90 Å². The van der Waals surface area contributed by atoms with Crippen LogP contribution < -0.4 is 5.32 Å². The smallest absolute Gasteiger partial charge is 0.0274 e. The van der Waals surface area contributed by atoms with Crippen LogP contribution in [-0.2, 0) is 0 Å². The minimum Gasteiger partial charge on any atom is -0.312 e.